The fourth-order valence-corrected chi connectivity index (χ4v) is 2.90. The number of nitrogens with one attached hydrogen (secondary N) is 1. The summed E-state index contributed by atoms with van der Waals surface area (Å²) in [5.74, 6) is 0. The van der Waals surface area contributed by atoms with Gasteiger partial charge in [0.05, 0.1) is 4.95 Å². The Hall–Kier alpha value is -0.540. The zero-order valence-corrected chi connectivity index (χ0v) is 9.87. The van der Waals surface area contributed by atoms with Crippen molar-refractivity contribution in [1.29, 1.82) is 0 Å². The van der Waals surface area contributed by atoms with E-state index in [9.17, 15) is 0 Å². The number of anilines is 1. The van der Waals surface area contributed by atoms with Crippen LogP contribution in [0.5, 0.6) is 0 Å². The predicted molar refractivity (Wildman–Crippen MR) is 64.0 cm³/mol. The van der Waals surface area contributed by atoms with Gasteiger partial charge in [-0.3, -0.25) is 0 Å². The van der Waals surface area contributed by atoms with E-state index in [0.717, 1.165) is 6.54 Å². The summed E-state index contributed by atoms with van der Waals surface area (Å²) < 4.78 is 0. The quantitative estimate of drug-likeness (QED) is 0.643. The molecule has 76 valence electrons. The van der Waals surface area contributed by atoms with Crippen molar-refractivity contribution in [3.05, 3.63) is 30.3 Å². The van der Waals surface area contributed by atoms with Gasteiger partial charge < -0.3 is 10.2 Å². The van der Waals surface area contributed by atoms with Crippen LogP contribution in [0, 0.1) is 0 Å². The molecule has 2 nitrogen and oxygen atoms in total. The van der Waals surface area contributed by atoms with Crippen LogP contribution >= 0.6 is 15.9 Å². The van der Waals surface area contributed by atoms with E-state index in [2.05, 4.69) is 56.5 Å². The maximum Gasteiger partial charge on any atom is 0.0998 e. The van der Waals surface area contributed by atoms with Crippen LogP contribution in [0.15, 0.2) is 30.3 Å². The Balaban J connectivity index is 2.14. The van der Waals surface area contributed by atoms with Crippen LogP contribution < -0.4 is 10.2 Å². The highest BCUT2D eigenvalue weighted by molar-refractivity contribution is 9.09. The van der Waals surface area contributed by atoms with Crippen molar-refractivity contribution >= 4 is 21.6 Å². The Morgan fingerprint density at radius 3 is 2.64 bits per heavy atom. The van der Waals surface area contributed by atoms with Gasteiger partial charge >= 0.3 is 0 Å². The molecule has 14 heavy (non-hydrogen) atoms. The monoisotopic (exact) mass is 254 g/mol. The first-order valence-corrected chi connectivity index (χ1v) is 5.87. The first-order chi connectivity index (χ1) is 6.83. The predicted octanol–water partition coefficient (Wildman–Crippen LogP) is 2.21. The zero-order chi connectivity index (χ0) is 9.97. The molecule has 1 aromatic carbocycles. The Morgan fingerprint density at radius 2 is 2.07 bits per heavy atom. The summed E-state index contributed by atoms with van der Waals surface area (Å²) in [6.07, 6.45) is 1.20. The van der Waals surface area contributed by atoms with Crippen LogP contribution in [-0.2, 0) is 0 Å². The van der Waals surface area contributed by atoms with Crippen LogP contribution in [0.1, 0.15) is 6.42 Å². The minimum atomic E-state index is 0.412. The molecule has 0 bridgehead atoms. The molecular formula is C11H15BrN2. The van der Waals surface area contributed by atoms with Crippen molar-refractivity contribution in [1.82, 2.24) is 5.32 Å². The van der Waals surface area contributed by atoms with Crippen LogP contribution in [0.25, 0.3) is 0 Å². The highest BCUT2D eigenvalue weighted by atomic mass is 79.9. The number of benzene rings is 1. The Morgan fingerprint density at radius 1 is 1.36 bits per heavy atom. The fourth-order valence-electron chi connectivity index (χ4n) is 1.93. The lowest BCUT2D eigenvalue weighted by Crippen LogP contribution is -2.36. The lowest BCUT2D eigenvalue weighted by molar-refractivity contribution is 0.600. The maximum absolute atomic E-state index is 3.73. The van der Waals surface area contributed by atoms with Gasteiger partial charge in [-0.25, -0.2) is 0 Å². The molecule has 0 spiro atoms. The highest BCUT2D eigenvalue weighted by Gasteiger charge is 2.30. The van der Waals surface area contributed by atoms with Gasteiger partial charge in [0.2, 0.25) is 0 Å². The summed E-state index contributed by atoms with van der Waals surface area (Å²) in [4.78, 5) is 2.80. The summed E-state index contributed by atoms with van der Waals surface area (Å²) in [7, 11) is 2.02. The molecule has 2 rings (SSSR count). The lowest BCUT2D eigenvalue weighted by Gasteiger charge is -2.24. The average molecular weight is 255 g/mol. The Labute approximate surface area is 93.4 Å². The van der Waals surface area contributed by atoms with Gasteiger partial charge in [-0.1, -0.05) is 34.1 Å². The SMILES string of the molecule is CN[C@H]1CCN(c2ccccc2)[C@H]1Br. The third-order valence-corrected chi connectivity index (χ3v) is 3.90. The van der Waals surface area contributed by atoms with Crippen molar-refractivity contribution in [3.8, 4) is 0 Å². The molecule has 0 radical (unpaired) electrons. The molecule has 0 aliphatic carbocycles. The van der Waals surface area contributed by atoms with Gasteiger partial charge in [0.15, 0.2) is 0 Å². The topological polar surface area (TPSA) is 15.3 Å². The number of likely N-dealkylation sites (N-methyl/N-ethyl adjacent to an activating group) is 1. The van der Waals surface area contributed by atoms with Gasteiger partial charge in [0, 0.05) is 18.3 Å². The van der Waals surface area contributed by atoms with Crippen molar-refractivity contribution in [2.45, 2.75) is 17.4 Å². The fraction of sp³-hybridized carbons (Fsp3) is 0.455. The highest BCUT2D eigenvalue weighted by Crippen LogP contribution is 2.28. The normalized spacial score (nSPS) is 26.9. The Kier molecular flexibility index (Phi) is 3.08. The van der Waals surface area contributed by atoms with Gasteiger partial charge in [-0.2, -0.15) is 0 Å². The molecular weight excluding hydrogens is 240 g/mol. The summed E-state index contributed by atoms with van der Waals surface area (Å²) in [5, 5.41) is 3.32. The van der Waals surface area contributed by atoms with E-state index in [1.165, 1.54) is 12.1 Å². The lowest BCUT2D eigenvalue weighted by atomic mass is 10.3. The van der Waals surface area contributed by atoms with Gasteiger partial charge in [0.1, 0.15) is 0 Å². The number of para-hydroxylation sites is 1. The van der Waals surface area contributed by atoms with E-state index in [1.807, 2.05) is 7.05 Å². The summed E-state index contributed by atoms with van der Waals surface area (Å²) in [6.45, 7) is 1.12. The van der Waals surface area contributed by atoms with E-state index in [-0.39, 0.29) is 0 Å². The van der Waals surface area contributed by atoms with E-state index < -0.39 is 0 Å². The van der Waals surface area contributed by atoms with Crippen LogP contribution in [0.3, 0.4) is 0 Å². The van der Waals surface area contributed by atoms with Crippen molar-refractivity contribution in [2.75, 3.05) is 18.5 Å². The van der Waals surface area contributed by atoms with E-state index >= 15 is 0 Å². The molecule has 0 amide bonds. The third kappa shape index (κ3) is 1.79. The minimum Gasteiger partial charge on any atom is -0.357 e. The number of nitrogens with zero attached hydrogens (tertiary/aromatic N) is 1. The number of hydrogen-bond acceptors (Lipinski definition) is 2. The zero-order valence-electron chi connectivity index (χ0n) is 8.28. The minimum absolute atomic E-state index is 0.412. The third-order valence-electron chi connectivity index (χ3n) is 2.77. The van der Waals surface area contributed by atoms with Crippen molar-refractivity contribution in [2.24, 2.45) is 0 Å². The number of alkyl halides is 1. The van der Waals surface area contributed by atoms with Crippen molar-refractivity contribution in [3.63, 3.8) is 0 Å². The second kappa shape index (κ2) is 4.32. The molecule has 1 fully saturated rings. The molecule has 1 aliphatic rings. The average Bonchev–Trinajstić information content (AvgIpc) is 2.61. The number of halogens is 1. The molecule has 1 aromatic rings. The molecule has 1 aliphatic heterocycles. The van der Waals surface area contributed by atoms with E-state index in [1.54, 1.807) is 0 Å². The Bertz CT molecular complexity index is 289. The second-order valence-corrected chi connectivity index (χ2v) is 4.52. The van der Waals surface area contributed by atoms with Crippen molar-refractivity contribution < 1.29 is 0 Å². The van der Waals surface area contributed by atoms with Gasteiger partial charge in [-0.05, 0) is 25.6 Å². The molecule has 1 heterocycles. The molecule has 2 atom stereocenters. The van der Waals surface area contributed by atoms with Gasteiger partial charge in [-0.15, -0.1) is 0 Å². The number of hydrogen-bond donors (Lipinski definition) is 1. The molecule has 0 unspecified atom stereocenters. The van der Waals surface area contributed by atoms with Crippen LogP contribution in [0.4, 0.5) is 5.69 Å². The molecule has 1 N–H and O–H groups in total. The first kappa shape index (κ1) is 9.99. The van der Waals surface area contributed by atoms with E-state index in [0.29, 0.717) is 11.0 Å². The maximum atomic E-state index is 3.73. The number of rotatable bonds is 2. The first-order valence-electron chi connectivity index (χ1n) is 4.96. The smallest absolute Gasteiger partial charge is 0.0998 e. The standard InChI is InChI=1S/C11H15BrN2/c1-13-10-7-8-14(11(10)12)9-5-3-2-4-6-9/h2-6,10-11,13H,7-8H2,1H3/t10-,11+/m0/s1. The van der Waals surface area contributed by atoms with Gasteiger partial charge in [0.25, 0.3) is 0 Å². The summed E-state index contributed by atoms with van der Waals surface area (Å²) in [6, 6.07) is 11.1. The van der Waals surface area contributed by atoms with E-state index in [4.69, 9.17) is 0 Å². The molecule has 0 saturated carbocycles. The summed E-state index contributed by atoms with van der Waals surface area (Å²) in [5.41, 5.74) is 1.30. The molecule has 0 aromatic heterocycles. The molecule has 1 saturated heterocycles. The largest absolute Gasteiger partial charge is 0.357 e. The summed E-state index contributed by atoms with van der Waals surface area (Å²) >= 11 is 3.73. The molecule has 3 heteroatoms. The van der Waals surface area contributed by atoms with Crippen LogP contribution in [0.2, 0.25) is 0 Å². The second-order valence-electron chi connectivity index (χ2n) is 3.59. The van der Waals surface area contributed by atoms with Crippen LogP contribution in [-0.4, -0.2) is 24.6 Å².